The van der Waals surface area contributed by atoms with Gasteiger partial charge in [0.2, 0.25) is 0 Å². The highest BCUT2D eigenvalue weighted by atomic mass is 16.6. The van der Waals surface area contributed by atoms with Gasteiger partial charge in [-0.2, -0.15) is 5.10 Å². The molecule has 0 bridgehead atoms. The maximum absolute atomic E-state index is 12.0. The van der Waals surface area contributed by atoms with Crippen LogP contribution in [0, 0.1) is 17.0 Å². The molecule has 1 heterocycles. The number of nitrogens with one attached hydrogen (secondary N) is 2. The van der Waals surface area contributed by atoms with Crippen molar-refractivity contribution in [2.75, 3.05) is 6.54 Å². The Morgan fingerprint density at radius 1 is 1.33 bits per heavy atom. The molecule has 9 heteroatoms. The van der Waals surface area contributed by atoms with Crippen molar-refractivity contribution in [1.82, 2.24) is 10.7 Å². The summed E-state index contributed by atoms with van der Waals surface area (Å²) in [6, 6.07) is 7.49. The van der Waals surface area contributed by atoms with Gasteiger partial charge in [0.1, 0.15) is 5.76 Å². The van der Waals surface area contributed by atoms with Crippen LogP contribution in [-0.2, 0) is 4.79 Å². The molecule has 0 unspecified atom stereocenters. The second-order valence-electron chi connectivity index (χ2n) is 4.70. The topological polar surface area (TPSA) is 127 Å². The van der Waals surface area contributed by atoms with Gasteiger partial charge in [0.15, 0.2) is 0 Å². The van der Waals surface area contributed by atoms with Crippen molar-refractivity contribution in [3.05, 3.63) is 63.6 Å². The zero-order valence-corrected chi connectivity index (χ0v) is 12.7. The highest BCUT2D eigenvalue weighted by Gasteiger charge is 2.18. The van der Waals surface area contributed by atoms with Crippen LogP contribution in [0.2, 0.25) is 0 Å². The summed E-state index contributed by atoms with van der Waals surface area (Å²) >= 11 is 0. The van der Waals surface area contributed by atoms with E-state index in [4.69, 9.17) is 4.42 Å². The molecule has 1 aromatic heterocycles. The number of rotatable bonds is 6. The number of hydrazone groups is 1. The monoisotopic (exact) mass is 330 g/mol. The quantitative estimate of drug-likeness (QED) is 0.470. The lowest BCUT2D eigenvalue weighted by atomic mass is 10.1. The van der Waals surface area contributed by atoms with Gasteiger partial charge in [-0.3, -0.25) is 19.7 Å². The number of nitrogens with zero attached hydrogens (tertiary/aromatic N) is 2. The third-order valence-corrected chi connectivity index (χ3v) is 3.08. The Hall–Kier alpha value is -3.49. The first-order valence-corrected chi connectivity index (χ1v) is 6.86. The van der Waals surface area contributed by atoms with Gasteiger partial charge in [0, 0.05) is 17.2 Å². The first-order chi connectivity index (χ1) is 11.5. The molecule has 2 rings (SSSR count). The number of furan rings is 1. The lowest BCUT2D eigenvalue weighted by molar-refractivity contribution is -0.385. The van der Waals surface area contributed by atoms with Crippen molar-refractivity contribution in [3.63, 3.8) is 0 Å². The minimum Gasteiger partial charge on any atom is -0.463 e. The zero-order chi connectivity index (χ0) is 17.5. The summed E-state index contributed by atoms with van der Waals surface area (Å²) in [5.74, 6) is -0.665. The first-order valence-electron chi connectivity index (χ1n) is 6.86. The van der Waals surface area contributed by atoms with Gasteiger partial charge < -0.3 is 9.73 Å². The largest absolute Gasteiger partial charge is 0.463 e. The molecule has 0 saturated heterocycles. The Balaban J connectivity index is 1.90. The lowest BCUT2D eigenvalue weighted by Crippen LogP contribution is -2.35. The first kappa shape index (κ1) is 16.9. The molecule has 0 fully saturated rings. The molecule has 0 saturated carbocycles. The van der Waals surface area contributed by atoms with Gasteiger partial charge in [-0.25, -0.2) is 5.43 Å². The zero-order valence-electron chi connectivity index (χ0n) is 12.7. The van der Waals surface area contributed by atoms with Gasteiger partial charge in [-0.05, 0) is 25.1 Å². The molecule has 1 aromatic carbocycles. The number of carbonyl (C=O) groups excluding carboxylic acids is 2. The summed E-state index contributed by atoms with van der Waals surface area (Å²) < 4.78 is 4.99. The molecule has 2 amide bonds. The molecule has 0 aliphatic rings. The molecule has 124 valence electrons. The number of carbonyl (C=O) groups is 2. The van der Waals surface area contributed by atoms with Crippen LogP contribution in [0.5, 0.6) is 0 Å². The van der Waals surface area contributed by atoms with Crippen LogP contribution in [0.4, 0.5) is 5.69 Å². The van der Waals surface area contributed by atoms with Crippen molar-refractivity contribution in [2.45, 2.75) is 6.92 Å². The van der Waals surface area contributed by atoms with Gasteiger partial charge in [-0.15, -0.1) is 0 Å². The Morgan fingerprint density at radius 2 is 2.12 bits per heavy atom. The lowest BCUT2D eigenvalue weighted by Gasteiger charge is -2.07. The van der Waals surface area contributed by atoms with Crippen LogP contribution in [-0.4, -0.2) is 29.5 Å². The Labute approximate surface area is 136 Å². The van der Waals surface area contributed by atoms with Gasteiger partial charge >= 0.3 is 0 Å². The standard InChI is InChI=1S/C15H14N4O5/c1-10-12(5-2-6-13(10)19(22)23)15(21)16-9-14(20)18-17-8-11-4-3-7-24-11/h2-8H,9H2,1H3,(H,16,21)(H,18,20)/b17-8-. The fourth-order valence-electron chi connectivity index (χ4n) is 1.90. The van der Waals surface area contributed by atoms with E-state index >= 15 is 0 Å². The van der Waals surface area contributed by atoms with E-state index in [2.05, 4.69) is 15.8 Å². The van der Waals surface area contributed by atoms with Crippen molar-refractivity contribution >= 4 is 23.7 Å². The van der Waals surface area contributed by atoms with Crippen molar-refractivity contribution in [2.24, 2.45) is 5.10 Å². The Morgan fingerprint density at radius 3 is 2.79 bits per heavy atom. The summed E-state index contributed by atoms with van der Waals surface area (Å²) in [7, 11) is 0. The molecular formula is C15H14N4O5. The molecule has 0 atom stereocenters. The van der Waals surface area contributed by atoms with E-state index in [-0.39, 0.29) is 23.4 Å². The van der Waals surface area contributed by atoms with Crippen LogP contribution >= 0.6 is 0 Å². The summed E-state index contributed by atoms with van der Waals surface area (Å²) in [5, 5.41) is 16.9. The number of amides is 2. The molecule has 0 aliphatic carbocycles. The summed E-state index contributed by atoms with van der Waals surface area (Å²) in [6.07, 6.45) is 2.77. The van der Waals surface area contributed by atoms with E-state index < -0.39 is 16.7 Å². The average molecular weight is 330 g/mol. The van der Waals surface area contributed by atoms with E-state index in [0.717, 1.165) is 0 Å². The predicted octanol–water partition coefficient (Wildman–Crippen LogP) is 1.38. The molecule has 9 nitrogen and oxygen atoms in total. The maximum atomic E-state index is 12.0. The third-order valence-electron chi connectivity index (χ3n) is 3.08. The molecule has 2 aromatic rings. The van der Waals surface area contributed by atoms with Gasteiger partial charge in [-0.1, -0.05) is 6.07 Å². The smallest absolute Gasteiger partial charge is 0.273 e. The van der Waals surface area contributed by atoms with E-state index in [1.165, 1.54) is 37.6 Å². The Kier molecular flexibility index (Phi) is 5.40. The number of nitro groups is 1. The van der Waals surface area contributed by atoms with Crippen molar-refractivity contribution in [1.29, 1.82) is 0 Å². The number of nitro benzene ring substituents is 1. The van der Waals surface area contributed by atoms with Crippen LogP contribution < -0.4 is 10.7 Å². The summed E-state index contributed by atoms with van der Waals surface area (Å²) in [5.41, 5.74) is 2.43. The molecule has 2 N–H and O–H groups in total. The molecule has 0 radical (unpaired) electrons. The summed E-state index contributed by atoms with van der Waals surface area (Å²) in [4.78, 5) is 33.9. The van der Waals surface area contributed by atoms with Gasteiger partial charge in [0.05, 0.1) is 23.9 Å². The third kappa shape index (κ3) is 4.26. The fraction of sp³-hybridized carbons (Fsp3) is 0.133. The highest BCUT2D eigenvalue weighted by molar-refractivity contribution is 5.98. The minimum atomic E-state index is -0.582. The van der Waals surface area contributed by atoms with Crippen LogP contribution in [0.3, 0.4) is 0 Å². The Bertz CT molecular complexity index is 783. The number of hydrogen-bond donors (Lipinski definition) is 2. The van der Waals surface area contributed by atoms with Crippen LogP contribution in [0.1, 0.15) is 21.7 Å². The maximum Gasteiger partial charge on any atom is 0.273 e. The van der Waals surface area contributed by atoms with E-state index in [1.54, 1.807) is 12.1 Å². The highest BCUT2D eigenvalue weighted by Crippen LogP contribution is 2.20. The second-order valence-corrected chi connectivity index (χ2v) is 4.70. The average Bonchev–Trinajstić information content (AvgIpc) is 3.06. The number of hydrogen-bond acceptors (Lipinski definition) is 6. The number of benzene rings is 1. The molecule has 24 heavy (non-hydrogen) atoms. The normalized spacial score (nSPS) is 10.5. The molecule has 0 spiro atoms. The van der Waals surface area contributed by atoms with Crippen molar-refractivity contribution in [3.8, 4) is 0 Å². The minimum absolute atomic E-state index is 0.135. The van der Waals surface area contributed by atoms with Crippen molar-refractivity contribution < 1.29 is 18.9 Å². The van der Waals surface area contributed by atoms with E-state index in [0.29, 0.717) is 5.76 Å². The predicted molar refractivity (Wildman–Crippen MR) is 84.6 cm³/mol. The van der Waals surface area contributed by atoms with Crippen LogP contribution in [0.25, 0.3) is 0 Å². The fourth-order valence-corrected chi connectivity index (χ4v) is 1.90. The second kappa shape index (κ2) is 7.68. The van der Waals surface area contributed by atoms with E-state index in [9.17, 15) is 19.7 Å². The molecule has 0 aliphatic heterocycles. The SMILES string of the molecule is Cc1c(C(=O)NCC(=O)N/N=C\c2ccco2)cccc1[N+](=O)[O-]. The van der Waals surface area contributed by atoms with Gasteiger partial charge in [0.25, 0.3) is 17.5 Å². The molecular weight excluding hydrogens is 316 g/mol. The summed E-state index contributed by atoms with van der Waals surface area (Å²) in [6.45, 7) is 1.15. The van der Waals surface area contributed by atoms with E-state index in [1.807, 2.05) is 0 Å². The van der Waals surface area contributed by atoms with Crippen LogP contribution in [0.15, 0.2) is 46.1 Å².